The minimum Gasteiger partial charge on any atom is -0.507 e. The molecule has 296 valence electrons. The Morgan fingerprint density at radius 3 is 1.95 bits per heavy atom. The van der Waals surface area contributed by atoms with Crippen LogP contribution in [0.1, 0.15) is 108 Å². The molecule has 0 radical (unpaired) electrons. The van der Waals surface area contributed by atoms with Gasteiger partial charge in [0.2, 0.25) is 5.89 Å². The monoisotopic (exact) mass is 774 g/mol. The number of rotatable bonds is 9. The van der Waals surface area contributed by atoms with Gasteiger partial charge in [0.15, 0.2) is 5.58 Å². The lowest BCUT2D eigenvalue weighted by Gasteiger charge is -2.23. The number of oxazole rings is 1. The molecule has 0 aliphatic carbocycles. The number of benzene rings is 7. The average Bonchev–Trinajstić information content (AvgIpc) is 3.66. The van der Waals surface area contributed by atoms with Crippen molar-refractivity contribution >= 4 is 33.8 Å². The minimum absolute atomic E-state index is 0.0662. The molecule has 0 saturated heterocycles. The number of aliphatic imine (C=N–C) groups is 1. The zero-order valence-corrected chi connectivity index (χ0v) is 35.8. The first-order valence-corrected chi connectivity index (χ1v) is 20.9. The molecule has 0 aliphatic rings. The van der Waals surface area contributed by atoms with Crippen molar-refractivity contribution in [1.29, 1.82) is 0 Å². The number of aromatic nitrogens is 1. The fourth-order valence-corrected chi connectivity index (χ4v) is 8.13. The normalized spacial score (nSPS) is 12.3. The van der Waals surface area contributed by atoms with Crippen LogP contribution in [0, 0.1) is 0 Å². The van der Waals surface area contributed by atoms with E-state index in [2.05, 4.69) is 153 Å². The predicted molar refractivity (Wildman–Crippen MR) is 250 cm³/mol. The van der Waals surface area contributed by atoms with Crippen molar-refractivity contribution in [1.82, 2.24) is 4.98 Å². The van der Waals surface area contributed by atoms with Gasteiger partial charge < -0.3 is 9.52 Å². The van der Waals surface area contributed by atoms with Gasteiger partial charge in [-0.15, -0.1) is 0 Å². The molecule has 0 saturated carbocycles. The molecule has 59 heavy (non-hydrogen) atoms. The number of hydrogen-bond acceptors (Lipinski definition) is 4. The number of fused-ring (bicyclic) bond motifs is 2. The van der Waals surface area contributed by atoms with Crippen molar-refractivity contribution in [3.05, 3.63) is 161 Å². The maximum atomic E-state index is 10.7. The van der Waals surface area contributed by atoms with Gasteiger partial charge in [-0.05, 0) is 120 Å². The molecule has 1 aromatic heterocycles. The third-order valence-electron chi connectivity index (χ3n) is 11.6. The Bertz CT molecular complexity index is 2810. The van der Waals surface area contributed by atoms with Gasteiger partial charge in [-0.3, -0.25) is 4.99 Å². The largest absolute Gasteiger partial charge is 0.507 e. The first-order chi connectivity index (χ1) is 28.3. The van der Waals surface area contributed by atoms with Crippen LogP contribution in [0.2, 0.25) is 0 Å². The Morgan fingerprint density at radius 1 is 0.610 bits per heavy atom. The lowest BCUT2D eigenvalue weighted by atomic mass is 9.81. The Hall–Kier alpha value is -6.26. The molecule has 0 amide bonds. The Labute approximate surface area is 349 Å². The van der Waals surface area contributed by atoms with Crippen LogP contribution in [-0.2, 0) is 5.41 Å². The summed E-state index contributed by atoms with van der Waals surface area (Å²) in [5, 5.41) is 13.1. The van der Waals surface area contributed by atoms with E-state index in [1.54, 1.807) is 12.3 Å². The van der Waals surface area contributed by atoms with Gasteiger partial charge in [-0.25, -0.2) is 4.98 Å². The lowest BCUT2D eigenvalue weighted by molar-refractivity contribution is 0.473. The van der Waals surface area contributed by atoms with Crippen molar-refractivity contribution in [2.45, 2.75) is 85.5 Å². The highest BCUT2D eigenvalue weighted by atomic mass is 16.3. The summed E-state index contributed by atoms with van der Waals surface area (Å²) in [4.78, 5) is 10.1. The maximum absolute atomic E-state index is 10.7. The second-order valence-corrected chi connectivity index (χ2v) is 17.8. The van der Waals surface area contributed by atoms with Crippen LogP contribution in [0.15, 0.2) is 143 Å². The summed E-state index contributed by atoms with van der Waals surface area (Å²) in [6.07, 6.45) is 1.72. The number of phenols is 1. The van der Waals surface area contributed by atoms with Crippen LogP contribution in [0.5, 0.6) is 5.75 Å². The maximum Gasteiger partial charge on any atom is 0.229 e. The van der Waals surface area contributed by atoms with Crippen LogP contribution in [0.3, 0.4) is 0 Å². The van der Waals surface area contributed by atoms with E-state index in [1.165, 1.54) is 33.2 Å². The second-order valence-electron chi connectivity index (χ2n) is 17.8. The van der Waals surface area contributed by atoms with Crippen molar-refractivity contribution in [2.75, 3.05) is 0 Å². The number of nitrogens with zero attached hydrogens (tertiary/aromatic N) is 2. The number of phenolic OH excluding ortho intramolecular Hbond substituents is 1. The first kappa shape index (κ1) is 39.6. The van der Waals surface area contributed by atoms with Gasteiger partial charge >= 0.3 is 0 Å². The first-order valence-electron chi connectivity index (χ1n) is 20.9. The molecule has 0 aliphatic heterocycles. The Balaban J connectivity index is 1.26. The third-order valence-corrected chi connectivity index (χ3v) is 11.6. The standard InChI is InChI=1S/C55H54N2O2/c1-33(2)39-28-46(34(3)4)52(47(29-39)35(5)6)38-23-21-36(22-24-38)40-30-48(44-19-14-16-37-15-10-11-17-43(37)44)53-51(31-40)59-54(57-53)45-18-12-13-20-49(45)56-32-41-27-42(55(7,8)9)25-26-50(41)58/h10-35,58H,1-9H3. The van der Waals surface area contributed by atoms with Crippen LogP contribution < -0.4 is 0 Å². The highest BCUT2D eigenvalue weighted by Crippen LogP contribution is 2.43. The van der Waals surface area contributed by atoms with Gasteiger partial charge in [0.25, 0.3) is 0 Å². The molecule has 8 rings (SSSR count). The molecule has 4 heteroatoms. The minimum atomic E-state index is -0.0662. The molecular formula is C55H54N2O2. The number of hydrogen-bond donors (Lipinski definition) is 1. The molecule has 0 unspecified atom stereocenters. The van der Waals surface area contributed by atoms with Crippen LogP contribution >= 0.6 is 0 Å². The summed E-state index contributed by atoms with van der Waals surface area (Å²) in [5.74, 6) is 1.94. The van der Waals surface area contributed by atoms with Crippen molar-refractivity contribution < 1.29 is 9.52 Å². The third kappa shape index (κ3) is 7.84. The van der Waals surface area contributed by atoms with Crippen LogP contribution in [0.25, 0.3) is 66.7 Å². The molecular weight excluding hydrogens is 721 g/mol. The molecule has 8 aromatic rings. The predicted octanol–water partition coefficient (Wildman–Crippen LogP) is 15.8. The molecule has 1 N–H and O–H groups in total. The van der Waals surface area contributed by atoms with Crippen molar-refractivity contribution in [3.63, 3.8) is 0 Å². The van der Waals surface area contributed by atoms with E-state index < -0.39 is 0 Å². The van der Waals surface area contributed by atoms with E-state index in [0.29, 0.717) is 40.5 Å². The van der Waals surface area contributed by atoms with E-state index in [9.17, 15) is 5.11 Å². The van der Waals surface area contributed by atoms with Gasteiger partial charge in [0.1, 0.15) is 11.3 Å². The number of para-hydroxylation sites is 1. The summed E-state index contributed by atoms with van der Waals surface area (Å²) >= 11 is 0. The van der Waals surface area contributed by atoms with Gasteiger partial charge in [-0.1, -0.05) is 159 Å². The van der Waals surface area contributed by atoms with E-state index in [0.717, 1.165) is 44.3 Å². The molecule has 0 bridgehead atoms. The molecule has 1 heterocycles. The van der Waals surface area contributed by atoms with Gasteiger partial charge in [0.05, 0.1) is 11.3 Å². The fourth-order valence-electron chi connectivity index (χ4n) is 8.13. The molecule has 7 aromatic carbocycles. The van der Waals surface area contributed by atoms with E-state index in [4.69, 9.17) is 14.4 Å². The topological polar surface area (TPSA) is 58.6 Å². The van der Waals surface area contributed by atoms with Crippen LogP contribution in [0.4, 0.5) is 5.69 Å². The van der Waals surface area contributed by atoms with Crippen molar-refractivity contribution in [2.24, 2.45) is 4.99 Å². The zero-order valence-electron chi connectivity index (χ0n) is 35.8. The van der Waals surface area contributed by atoms with Gasteiger partial charge in [-0.2, -0.15) is 0 Å². The lowest BCUT2D eigenvalue weighted by Crippen LogP contribution is -2.11. The molecule has 0 atom stereocenters. The zero-order chi connectivity index (χ0) is 41.6. The van der Waals surface area contributed by atoms with Crippen molar-refractivity contribution in [3.8, 4) is 50.6 Å². The summed E-state index contributed by atoms with van der Waals surface area (Å²) < 4.78 is 6.74. The average molecular weight is 775 g/mol. The smallest absolute Gasteiger partial charge is 0.229 e. The summed E-state index contributed by atoms with van der Waals surface area (Å²) in [6, 6.07) is 46.8. The highest BCUT2D eigenvalue weighted by molar-refractivity contribution is 6.05. The van der Waals surface area contributed by atoms with E-state index >= 15 is 0 Å². The van der Waals surface area contributed by atoms with Crippen LogP contribution in [-0.4, -0.2) is 16.3 Å². The Morgan fingerprint density at radius 2 is 1.25 bits per heavy atom. The van der Waals surface area contributed by atoms with E-state index in [-0.39, 0.29) is 11.2 Å². The highest BCUT2D eigenvalue weighted by Gasteiger charge is 2.21. The molecule has 0 fully saturated rings. The molecule has 0 spiro atoms. The quantitative estimate of drug-likeness (QED) is 0.149. The summed E-state index contributed by atoms with van der Waals surface area (Å²) in [5.41, 5.74) is 15.7. The fraction of sp³-hybridized carbons (Fsp3) is 0.236. The molecule has 4 nitrogen and oxygen atoms in total. The SMILES string of the molecule is CC(C)c1cc(C(C)C)c(-c2ccc(-c3cc(-c4cccc5ccccc45)c4nc(-c5ccccc5N=Cc5cc(C(C)(C)C)ccc5O)oc4c3)cc2)c(C(C)C)c1. The van der Waals surface area contributed by atoms with E-state index in [1.807, 2.05) is 36.4 Å². The summed E-state index contributed by atoms with van der Waals surface area (Å²) in [7, 11) is 0. The summed E-state index contributed by atoms with van der Waals surface area (Å²) in [6.45, 7) is 20.3. The number of aromatic hydroxyl groups is 1. The Kier molecular flexibility index (Phi) is 10.6. The second kappa shape index (κ2) is 15.8. The van der Waals surface area contributed by atoms with Gasteiger partial charge in [0, 0.05) is 17.3 Å².